The first kappa shape index (κ1) is 11.4. The first-order valence-electron chi connectivity index (χ1n) is 5.19. The van der Waals surface area contributed by atoms with Gasteiger partial charge in [-0.1, -0.05) is 32.1 Å². The van der Waals surface area contributed by atoms with Crippen LogP contribution in [0.25, 0.3) is 0 Å². The van der Waals surface area contributed by atoms with Crippen LogP contribution in [0.15, 0.2) is 48.5 Å². The molecule has 0 atom stereocenters. The normalized spacial score (nSPS) is 17.6. The van der Waals surface area contributed by atoms with Crippen LogP contribution in [-0.2, 0) is 0 Å². The number of terminal acetylenes is 1. The van der Waals surface area contributed by atoms with Crippen LogP contribution in [0.2, 0.25) is 0 Å². The zero-order valence-corrected chi connectivity index (χ0v) is 9.29. The second kappa shape index (κ2) is 5.26. The second-order valence-electron chi connectivity index (χ2n) is 3.51. The fourth-order valence-corrected chi connectivity index (χ4v) is 1.61. The van der Waals surface area contributed by atoms with Gasteiger partial charge < -0.3 is 4.90 Å². The zero-order chi connectivity index (χ0) is 11.3. The molecule has 1 aliphatic heterocycles. The van der Waals surface area contributed by atoms with Gasteiger partial charge >= 0.3 is 0 Å². The Bertz CT molecular complexity index is 347. The van der Waals surface area contributed by atoms with E-state index in [0.717, 1.165) is 36.4 Å². The predicted molar refractivity (Wildman–Crippen MR) is 65.7 cm³/mol. The van der Waals surface area contributed by atoms with E-state index in [4.69, 9.17) is 6.42 Å². The number of likely N-dealkylation sites (tertiary alicyclic amines) is 1. The first-order valence-corrected chi connectivity index (χ1v) is 5.19. The Morgan fingerprint density at radius 3 is 2.53 bits per heavy atom. The van der Waals surface area contributed by atoms with Gasteiger partial charge in [0.05, 0.1) is 5.70 Å². The summed E-state index contributed by atoms with van der Waals surface area (Å²) < 4.78 is 0. The molecule has 0 radical (unpaired) electrons. The van der Waals surface area contributed by atoms with Crippen molar-refractivity contribution < 1.29 is 0 Å². The second-order valence-corrected chi connectivity index (χ2v) is 3.51. The molecule has 1 rings (SSSR count). The third-order valence-corrected chi connectivity index (χ3v) is 2.35. The standard InChI is InChI=1S/C14H17N/c1-5-7-9-14(8-6-2)15-12(3)10-11-13(15)4/h2,7-9H,3-5,10-11H2,1H3/b9-7-,14-8+. The molecule has 0 spiro atoms. The molecular weight excluding hydrogens is 182 g/mol. The van der Waals surface area contributed by atoms with Gasteiger partial charge in [-0.2, -0.15) is 0 Å². The highest BCUT2D eigenvalue weighted by Gasteiger charge is 2.20. The summed E-state index contributed by atoms with van der Waals surface area (Å²) in [5, 5.41) is 0. The van der Waals surface area contributed by atoms with Crippen LogP contribution < -0.4 is 0 Å². The molecule has 1 nitrogen and oxygen atoms in total. The van der Waals surface area contributed by atoms with Gasteiger partial charge in [-0.3, -0.25) is 0 Å². The monoisotopic (exact) mass is 199 g/mol. The number of allylic oxidation sites excluding steroid dienone is 5. The molecule has 0 aromatic heterocycles. The molecule has 78 valence electrons. The molecule has 0 amide bonds. The summed E-state index contributed by atoms with van der Waals surface area (Å²) in [6.07, 6.45) is 14.1. The van der Waals surface area contributed by atoms with Gasteiger partial charge in [-0.25, -0.2) is 0 Å². The fourth-order valence-electron chi connectivity index (χ4n) is 1.61. The molecule has 0 saturated carbocycles. The first-order chi connectivity index (χ1) is 7.20. The van der Waals surface area contributed by atoms with Crippen LogP contribution in [0.3, 0.4) is 0 Å². The average Bonchev–Trinajstić information content (AvgIpc) is 2.54. The van der Waals surface area contributed by atoms with Crippen molar-refractivity contribution in [2.24, 2.45) is 0 Å². The van der Waals surface area contributed by atoms with Crippen molar-refractivity contribution in [3.05, 3.63) is 48.5 Å². The highest BCUT2D eigenvalue weighted by atomic mass is 15.2. The summed E-state index contributed by atoms with van der Waals surface area (Å²) in [6.45, 7) is 10.1. The highest BCUT2D eigenvalue weighted by molar-refractivity contribution is 5.35. The fraction of sp³-hybridized carbons (Fsp3) is 0.286. The van der Waals surface area contributed by atoms with E-state index in [9.17, 15) is 0 Å². The number of rotatable bonds is 3. The van der Waals surface area contributed by atoms with Gasteiger partial charge in [0.2, 0.25) is 0 Å². The van der Waals surface area contributed by atoms with Crippen molar-refractivity contribution in [2.45, 2.75) is 26.2 Å². The van der Waals surface area contributed by atoms with Crippen LogP contribution in [0.5, 0.6) is 0 Å². The van der Waals surface area contributed by atoms with Crippen molar-refractivity contribution in [3.63, 3.8) is 0 Å². The van der Waals surface area contributed by atoms with Crippen LogP contribution in [0.1, 0.15) is 26.2 Å². The van der Waals surface area contributed by atoms with Crippen LogP contribution >= 0.6 is 0 Å². The molecule has 1 heterocycles. The molecule has 0 unspecified atom stereocenters. The SMILES string of the molecule is C#C/C=C(\C=C/CC)N1C(=C)CCC1=C. The third kappa shape index (κ3) is 2.63. The molecule has 15 heavy (non-hydrogen) atoms. The highest BCUT2D eigenvalue weighted by Crippen LogP contribution is 2.32. The Morgan fingerprint density at radius 1 is 1.47 bits per heavy atom. The van der Waals surface area contributed by atoms with Gasteiger partial charge in [0.25, 0.3) is 0 Å². The largest absolute Gasteiger partial charge is 0.318 e. The summed E-state index contributed by atoms with van der Waals surface area (Å²) >= 11 is 0. The zero-order valence-electron chi connectivity index (χ0n) is 9.29. The summed E-state index contributed by atoms with van der Waals surface area (Å²) in [5.41, 5.74) is 3.14. The van der Waals surface area contributed by atoms with Gasteiger partial charge in [0.15, 0.2) is 0 Å². The van der Waals surface area contributed by atoms with E-state index in [1.165, 1.54) is 0 Å². The maximum Gasteiger partial charge on any atom is 0.0534 e. The third-order valence-electron chi connectivity index (χ3n) is 2.35. The lowest BCUT2D eigenvalue weighted by atomic mass is 10.2. The summed E-state index contributed by atoms with van der Waals surface area (Å²) in [5.74, 6) is 2.56. The molecule has 0 N–H and O–H groups in total. The Labute approximate surface area is 92.5 Å². The Balaban J connectivity index is 2.95. The summed E-state index contributed by atoms with van der Waals surface area (Å²) in [4.78, 5) is 2.05. The Morgan fingerprint density at radius 2 is 2.07 bits per heavy atom. The quantitative estimate of drug-likeness (QED) is 0.496. The number of hydrogen-bond acceptors (Lipinski definition) is 1. The maximum absolute atomic E-state index is 5.31. The molecule has 0 aromatic carbocycles. The van der Waals surface area contributed by atoms with Crippen LogP contribution in [0, 0.1) is 12.3 Å². The lowest BCUT2D eigenvalue weighted by Crippen LogP contribution is -2.12. The molecule has 1 fully saturated rings. The lowest BCUT2D eigenvalue weighted by molar-refractivity contribution is 0.588. The van der Waals surface area contributed by atoms with E-state index < -0.39 is 0 Å². The van der Waals surface area contributed by atoms with E-state index in [0.29, 0.717) is 0 Å². The minimum atomic E-state index is 0.973. The van der Waals surface area contributed by atoms with Crippen molar-refractivity contribution in [1.29, 1.82) is 0 Å². The number of hydrogen-bond donors (Lipinski definition) is 0. The van der Waals surface area contributed by atoms with Crippen molar-refractivity contribution >= 4 is 0 Å². The molecule has 1 saturated heterocycles. The Kier molecular flexibility index (Phi) is 4.00. The van der Waals surface area contributed by atoms with Crippen molar-refractivity contribution in [1.82, 2.24) is 4.90 Å². The van der Waals surface area contributed by atoms with Gasteiger partial charge in [0, 0.05) is 17.5 Å². The minimum absolute atomic E-state index is 0.973. The van der Waals surface area contributed by atoms with E-state index in [1.54, 1.807) is 6.08 Å². The van der Waals surface area contributed by atoms with Crippen LogP contribution in [-0.4, -0.2) is 4.90 Å². The molecule has 1 heteroatoms. The smallest absolute Gasteiger partial charge is 0.0534 e. The molecular formula is C14H17N. The Hall–Kier alpha value is -1.68. The van der Waals surface area contributed by atoms with Gasteiger partial charge in [0.1, 0.15) is 0 Å². The summed E-state index contributed by atoms with van der Waals surface area (Å²) in [7, 11) is 0. The summed E-state index contributed by atoms with van der Waals surface area (Å²) in [6, 6.07) is 0. The van der Waals surface area contributed by atoms with Gasteiger partial charge in [-0.15, -0.1) is 6.42 Å². The van der Waals surface area contributed by atoms with Gasteiger partial charge in [-0.05, 0) is 25.3 Å². The van der Waals surface area contributed by atoms with Crippen molar-refractivity contribution in [3.8, 4) is 12.3 Å². The average molecular weight is 199 g/mol. The van der Waals surface area contributed by atoms with E-state index >= 15 is 0 Å². The molecule has 0 aromatic rings. The minimum Gasteiger partial charge on any atom is -0.318 e. The van der Waals surface area contributed by atoms with Crippen molar-refractivity contribution in [2.75, 3.05) is 0 Å². The molecule has 0 bridgehead atoms. The maximum atomic E-state index is 5.31. The van der Waals surface area contributed by atoms with E-state index in [-0.39, 0.29) is 0 Å². The lowest BCUT2D eigenvalue weighted by Gasteiger charge is -2.21. The predicted octanol–water partition coefficient (Wildman–Crippen LogP) is 3.59. The topological polar surface area (TPSA) is 3.24 Å². The molecule has 0 aliphatic carbocycles. The van der Waals surface area contributed by atoms with Crippen LogP contribution in [0.4, 0.5) is 0 Å². The molecule has 1 aliphatic rings. The number of nitrogens with zero attached hydrogens (tertiary/aromatic N) is 1. The van der Waals surface area contributed by atoms with E-state index in [2.05, 4.69) is 32.1 Å². The van der Waals surface area contributed by atoms with E-state index in [1.807, 2.05) is 11.0 Å².